The van der Waals surface area contributed by atoms with Gasteiger partial charge in [0.1, 0.15) is 16.4 Å². The van der Waals surface area contributed by atoms with Gasteiger partial charge in [-0.1, -0.05) is 0 Å². The van der Waals surface area contributed by atoms with Crippen molar-refractivity contribution in [1.82, 2.24) is 0 Å². The van der Waals surface area contributed by atoms with Gasteiger partial charge in [0.25, 0.3) is 0 Å². The number of hydrogen-bond acceptors (Lipinski definition) is 5. The van der Waals surface area contributed by atoms with Crippen LogP contribution in [0.1, 0.15) is 0 Å². The van der Waals surface area contributed by atoms with Crippen LogP contribution < -0.4 is 15.4 Å². The fourth-order valence-corrected chi connectivity index (χ4v) is 1.60. The molecule has 1 aromatic carbocycles. The van der Waals surface area contributed by atoms with Crippen molar-refractivity contribution in [2.45, 2.75) is 4.90 Å². The number of nitrogens with two attached hydrogens (primary N) is 1. The lowest BCUT2D eigenvalue weighted by Crippen LogP contribution is -2.05. The predicted molar refractivity (Wildman–Crippen MR) is 51.2 cm³/mol. The molecule has 0 amide bonds. The van der Waals surface area contributed by atoms with Gasteiger partial charge in [-0.15, -0.1) is 0 Å². The van der Waals surface area contributed by atoms with E-state index in [-0.39, 0.29) is 0 Å². The zero-order valence-corrected chi connectivity index (χ0v) is 8.67. The number of methoxy groups -OCH3 is 2. The molecule has 0 radical (unpaired) electrons. The molecular weight excluding hydrogens is 206 g/mol. The SMILES string of the molecule is COc1ccc(OC)c([S@@](=O)ON)c1. The third kappa shape index (κ3) is 2.22. The second-order valence-electron chi connectivity index (χ2n) is 2.35. The summed E-state index contributed by atoms with van der Waals surface area (Å²) >= 11 is -1.74. The van der Waals surface area contributed by atoms with Gasteiger partial charge in [-0.3, -0.25) is 0 Å². The molecule has 78 valence electrons. The van der Waals surface area contributed by atoms with Gasteiger partial charge in [-0.2, -0.15) is 10.2 Å². The van der Waals surface area contributed by atoms with Crippen LogP contribution in [0.5, 0.6) is 11.5 Å². The number of benzene rings is 1. The lowest BCUT2D eigenvalue weighted by atomic mass is 10.3. The molecule has 5 nitrogen and oxygen atoms in total. The summed E-state index contributed by atoms with van der Waals surface area (Å²) in [5.74, 6) is 5.82. The molecule has 14 heavy (non-hydrogen) atoms. The molecule has 0 saturated heterocycles. The van der Waals surface area contributed by atoms with E-state index in [2.05, 4.69) is 4.28 Å². The Morgan fingerprint density at radius 1 is 1.29 bits per heavy atom. The first kappa shape index (κ1) is 11.0. The fraction of sp³-hybridized carbons (Fsp3) is 0.250. The maximum absolute atomic E-state index is 11.3. The van der Waals surface area contributed by atoms with Crippen LogP contribution in [-0.2, 0) is 15.4 Å². The van der Waals surface area contributed by atoms with Crippen molar-refractivity contribution in [3.63, 3.8) is 0 Å². The van der Waals surface area contributed by atoms with Gasteiger partial charge >= 0.3 is 0 Å². The highest BCUT2D eigenvalue weighted by atomic mass is 32.2. The number of ether oxygens (including phenoxy) is 2. The third-order valence-electron chi connectivity index (χ3n) is 1.64. The van der Waals surface area contributed by atoms with Crippen LogP contribution in [0.3, 0.4) is 0 Å². The lowest BCUT2D eigenvalue weighted by molar-refractivity contribution is 0.358. The van der Waals surface area contributed by atoms with E-state index in [0.717, 1.165) is 0 Å². The molecule has 0 aromatic heterocycles. The van der Waals surface area contributed by atoms with Gasteiger partial charge in [-0.05, 0) is 12.1 Å². The normalized spacial score (nSPS) is 12.2. The highest BCUT2D eigenvalue weighted by Gasteiger charge is 2.12. The molecular formula is C8H11NO4S. The molecule has 0 aliphatic carbocycles. The first-order chi connectivity index (χ1) is 6.72. The molecule has 0 heterocycles. The van der Waals surface area contributed by atoms with Crippen LogP contribution >= 0.6 is 0 Å². The summed E-state index contributed by atoms with van der Waals surface area (Å²) in [6.45, 7) is 0. The van der Waals surface area contributed by atoms with Crippen LogP contribution in [0.4, 0.5) is 0 Å². The Balaban J connectivity index is 3.14. The monoisotopic (exact) mass is 217 g/mol. The zero-order chi connectivity index (χ0) is 10.6. The fourth-order valence-electron chi connectivity index (χ4n) is 0.966. The minimum Gasteiger partial charge on any atom is -0.497 e. The molecule has 0 aliphatic heterocycles. The minimum absolute atomic E-state index is 0.342. The first-order valence-electron chi connectivity index (χ1n) is 3.74. The van der Waals surface area contributed by atoms with Crippen molar-refractivity contribution in [2.24, 2.45) is 5.90 Å². The molecule has 6 heteroatoms. The van der Waals surface area contributed by atoms with Crippen LogP contribution in [0, 0.1) is 0 Å². The van der Waals surface area contributed by atoms with E-state index in [9.17, 15) is 4.21 Å². The second kappa shape index (κ2) is 4.94. The molecule has 1 aromatic rings. The summed E-state index contributed by atoms with van der Waals surface area (Å²) in [5.41, 5.74) is 0. The van der Waals surface area contributed by atoms with E-state index in [0.29, 0.717) is 16.4 Å². The van der Waals surface area contributed by atoms with Crippen LogP contribution in [0.2, 0.25) is 0 Å². The van der Waals surface area contributed by atoms with Crippen molar-refractivity contribution in [1.29, 1.82) is 0 Å². The highest BCUT2D eigenvalue weighted by Crippen LogP contribution is 2.26. The van der Waals surface area contributed by atoms with E-state index in [1.165, 1.54) is 14.2 Å². The largest absolute Gasteiger partial charge is 0.497 e. The van der Waals surface area contributed by atoms with Crippen LogP contribution in [0.15, 0.2) is 23.1 Å². The quantitative estimate of drug-likeness (QED) is 0.748. The molecule has 0 spiro atoms. The molecule has 0 bridgehead atoms. The molecule has 0 fully saturated rings. The van der Waals surface area contributed by atoms with Gasteiger partial charge in [0.05, 0.1) is 14.2 Å². The minimum atomic E-state index is -1.74. The molecule has 1 rings (SSSR count). The molecule has 0 saturated carbocycles. The van der Waals surface area contributed by atoms with Crippen molar-refractivity contribution in [2.75, 3.05) is 14.2 Å². The summed E-state index contributed by atoms with van der Waals surface area (Å²) in [6.07, 6.45) is 0. The van der Waals surface area contributed by atoms with Crippen LogP contribution in [-0.4, -0.2) is 18.4 Å². The third-order valence-corrected chi connectivity index (χ3v) is 2.49. The number of rotatable bonds is 4. The van der Waals surface area contributed by atoms with Crippen molar-refractivity contribution >= 4 is 11.1 Å². The van der Waals surface area contributed by atoms with E-state index < -0.39 is 11.1 Å². The Labute approximate surface area is 84.4 Å². The Kier molecular flexibility index (Phi) is 3.87. The smallest absolute Gasteiger partial charge is 0.210 e. The molecule has 0 aliphatic rings. The number of hydrogen-bond donors (Lipinski definition) is 1. The average molecular weight is 217 g/mol. The summed E-state index contributed by atoms with van der Waals surface area (Å²) in [6, 6.07) is 4.86. The molecule has 0 unspecified atom stereocenters. The summed E-state index contributed by atoms with van der Waals surface area (Å²) < 4.78 is 25.5. The van der Waals surface area contributed by atoms with Gasteiger partial charge in [0.15, 0.2) is 0 Å². The highest BCUT2D eigenvalue weighted by molar-refractivity contribution is 7.80. The Bertz CT molecular complexity index is 342. The summed E-state index contributed by atoms with van der Waals surface area (Å²) in [7, 11) is 2.98. The second-order valence-corrected chi connectivity index (χ2v) is 3.45. The maximum atomic E-state index is 11.3. The Hall–Kier alpha value is -1.11. The molecule has 2 N–H and O–H groups in total. The van der Waals surface area contributed by atoms with Crippen LogP contribution in [0.25, 0.3) is 0 Å². The predicted octanol–water partition coefficient (Wildman–Crippen LogP) is 0.617. The lowest BCUT2D eigenvalue weighted by Gasteiger charge is -2.07. The average Bonchev–Trinajstić information content (AvgIpc) is 2.27. The van der Waals surface area contributed by atoms with E-state index >= 15 is 0 Å². The summed E-state index contributed by atoms with van der Waals surface area (Å²) in [4.78, 5) is 0.342. The maximum Gasteiger partial charge on any atom is 0.210 e. The van der Waals surface area contributed by atoms with Crippen molar-refractivity contribution in [3.8, 4) is 11.5 Å². The Morgan fingerprint density at radius 2 is 2.00 bits per heavy atom. The zero-order valence-electron chi connectivity index (χ0n) is 7.85. The van der Waals surface area contributed by atoms with E-state index in [1.54, 1.807) is 18.2 Å². The topological polar surface area (TPSA) is 70.8 Å². The first-order valence-corrected chi connectivity index (χ1v) is 4.81. The van der Waals surface area contributed by atoms with Gasteiger partial charge in [0, 0.05) is 6.07 Å². The van der Waals surface area contributed by atoms with Crippen molar-refractivity contribution in [3.05, 3.63) is 18.2 Å². The Morgan fingerprint density at radius 3 is 2.50 bits per heavy atom. The van der Waals surface area contributed by atoms with Crippen molar-refractivity contribution < 1.29 is 18.0 Å². The van der Waals surface area contributed by atoms with E-state index in [1.807, 2.05) is 0 Å². The van der Waals surface area contributed by atoms with Gasteiger partial charge in [0.2, 0.25) is 11.1 Å². The standard InChI is InChI=1S/C8H11NO4S/c1-11-6-3-4-7(12-2)8(5-6)14(10)13-9/h3-5H,9H2,1-2H3/t14-/m0/s1. The van der Waals surface area contributed by atoms with Gasteiger partial charge < -0.3 is 9.47 Å². The summed E-state index contributed by atoms with van der Waals surface area (Å²) in [5, 5.41) is 0. The van der Waals surface area contributed by atoms with E-state index in [4.69, 9.17) is 15.4 Å². The van der Waals surface area contributed by atoms with Gasteiger partial charge in [-0.25, -0.2) is 4.21 Å². The molecule has 1 atom stereocenters.